The molecule has 0 aliphatic heterocycles. The molecule has 1 heterocycles. The van der Waals surface area contributed by atoms with Crippen LogP contribution >= 0.6 is 15.2 Å². The molecule has 0 saturated carbocycles. The molecule has 1 aromatic heterocycles. The Kier molecular flexibility index (Phi) is 6.25. The lowest BCUT2D eigenvalue weighted by Crippen LogP contribution is -2.33. The summed E-state index contributed by atoms with van der Waals surface area (Å²) in [5.41, 5.74) is 0.156. The van der Waals surface area contributed by atoms with E-state index in [0.29, 0.717) is 0 Å². The third kappa shape index (κ3) is 3.99. The maximum atomic E-state index is 12.2. The average Bonchev–Trinajstić information content (AvgIpc) is 2.39. The third-order valence-corrected chi connectivity index (χ3v) is 7.52. The minimum absolute atomic E-state index is 0.156. The quantitative estimate of drug-likeness (QED) is 0.611. The summed E-state index contributed by atoms with van der Waals surface area (Å²) in [5, 5.41) is 7.48. The van der Waals surface area contributed by atoms with E-state index < -0.39 is 26.7 Å². The standard InChI is InChI=1S/C11H19NO7P2/c1-3-18-20(14,15)11(13,21(16,17)19-4-2)9-10-7-5-6-8-12-10/h5-8,13H,3-4,9H2,1-2H3,(H,14,15)(H,16,17). The van der Waals surface area contributed by atoms with E-state index in [1.807, 2.05) is 0 Å². The molecule has 0 aliphatic carbocycles. The first-order valence-corrected chi connectivity index (χ1v) is 9.43. The van der Waals surface area contributed by atoms with Crippen molar-refractivity contribution in [3.8, 4) is 0 Å². The topological polar surface area (TPSA) is 126 Å². The number of aliphatic hydroxyl groups is 1. The fraction of sp³-hybridized carbons (Fsp3) is 0.545. The first-order valence-electron chi connectivity index (χ1n) is 6.27. The molecular weight excluding hydrogens is 320 g/mol. The second-order valence-electron chi connectivity index (χ2n) is 4.15. The highest BCUT2D eigenvalue weighted by atomic mass is 31.2. The Morgan fingerprint density at radius 3 is 2.05 bits per heavy atom. The van der Waals surface area contributed by atoms with Crippen molar-refractivity contribution in [1.29, 1.82) is 0 Å². The van der Waals surface area contributed by atoms with E-state index in [1.54, 1.807) is 12.1 Å². The Balaban J connectivity index is 3.29. The number of hydrogen-bond acceptors (Lipinski definition) is 6. The molecule has 3 N–H and O–H groups in total. The normalized spacial score (nSPS) is 20.2. The van der Waals surface area contributed by atoms with Gasteiger partial charge in [0.25, 0.3) is 5.08 Å². The summed E-state index contributed by atoms with van der Waals surface area (Å²) in [4.78, 5) is 23.7. The zero-order valence-corrected chi connectivity index (χ0v) is 13.5. The molecule has 2 atom stereocenters. The molecule has 0 aliphatic rings. The van der Waals surface area contributed by atoms with Crippen molar-refractivity contribution < 1.29 is 33.1 Å². The molecule has 8 nitrogen and oxygen atoms in total. The van der Waals surface area contributed by atoms with Gasteiger partial charge in [-0.05, 0) is 26.0 Å². The van der Waals surface area contributed by atoms with Gasteiger partial charge in [-0.25, -0.2) is 0 Å². The molecule has 0 aromatic carbocycles. The fourth-order valence-electron chi connectivity index (χ4n) is 1.66. The lowest BCUT2D eigenvalue weighted by atomic mass is 10.3. The molecule has 0 spiro atoms. The van der Waals surface area contributed by atoms with Gasteiger partial charge in [0, 0.05) is 18.3 Å². The number of aromatic nitrogens is 1. The SMILES string of the molecule is CCOP(=O)(O)C(O)(Cc1ccccn1)P(=O)(O)OCC. The van der Waals surface area contributed by atoms with Crippen molar-refractivity contribution in [3.05, 3.63) is 30.1 Å². The van der Waals surface area contributed by atoms with Crippen molar-refractivity contribution in [2.24, 2.45) is 0 Å². The number of rotatable bonds is 8. The van der Waals surface area contributed by atoms with Gasteiger partial charge >= 0.3 is 15.2 Å². The van der Waals surface area contributed by atoms with Crippen LogP contribution in [0.4, 0.5) is 0 Å². The zero-order valence-electron chi connectivity index (χ0n) is 11.7. The second-order valence-corrected chi connectivity index (χ2v) is 8.58. The van der Waals surface area contributed by atoms with E-state index in [9.17, 15) is 24.0 Å². The Morgan fingerprint density at radius 2 is 1.67 bits per heavy atom. The van der Waals surface area contributed by atoms with Crippen LogP contribution in [0.25, 0.3) is 0 Å². The van der Waals surface area contributed by atoms with Gasteiger partial charge in [0.15, 0.2) is 0 Å². The van der Waals surface area contributed by atoms with Crippen LogP contribution in [0.15, 0.2) is 24.4 Å². The van der Waals surface area contributed by atoms with Crippen LogP contribution in [0, 0.1) is 0 Å². The minimum Gasteiger partial charge on any atom is -0.367 e. The van der Waals surface area contributed by atoms with Crippen molar-refractivity contribution in [3.63, 3.8) is 0 Å². The summed E-state index contributed by atoms with van der Waals surface area (Å²) < 4.78 is 33.7. The molecular formula is C11H19NO7P2. The molecule has 0 amide bonds. The Hall–Kier alpha value is -0.590. The average molecular weight is 339 g/mol. The summed E-state index contributed by atoms with van der Waals surface area (Å²) in [5.74, 6) is 0. The fourth-order valence-corrected chi connectivity index (χ4v) is 5.12. The van der Waals surface area contributed by atoms with E-state index in [0.717, 1.165) is 0 Å². The van der Waals surface area contributed by atoms with E-state index in [1.165, 1.54) is 26.1 Å². The predicted octanol–water partition coefficient (Wildman–Crippen LogP) is 1.71. The summed E-state index contributed by atoms with van der Waals surface area (Å²) in [6, 6.07) is 4.63. The lowest BCUT2D eigenvalue weighted by molar-refractivity contribution is 0.105. The largest absolute Gasteiger partial charge is 0.372 e. The van der Waals surface area contributed by atoms with Crippen molar-refractivity contribution in [2.75, 3.05) is 13.2 Å². The monoisotopic (exact) mass is 339 g/mol. The third-order valence-electron chi connectivity index (χ3n) is 2.66. The minimum atomic E-state index is -4.85. The van der Waals surface area contributed by atoms with E-state index in [-0.39, 0.29) is 18.9 Å². The molecule has 10 heteroatoms. The van der Waals surface area contributed by atoms with Gasteiger partial charge in [0.2, 0.25) is 0 Å². The van der Waals surface area contributed by atoms with Crippen LogP contribution < -0.4 is 0 Å². The molecule has 21 heavy (non-hydrogen) atoms. The summed E-state index contributed by atoms with van der Waals surface area (Å²) in [7, 11) is -9.71. The van der Waals surface area contributed by atoms with E-state index in [2.05, 4.69) is 14.0 Å². The molecule has 0 fully saturated rings. The van der Waals surface area contributed by atoms with Crippen LogP contribution in [0.3, 0.4) is 0 Å². The Labute approximate surface area is 122 Å². The van der Waals surface area contributed by atoms with Crippen LogP contribution in [-0.2, 0) is 24.6 Å². The van der Waals surface area contributed by atoms with Gasteiger partial charge in [-0.3, -0.25) is 14.1 Å². The van der Waals surface area contributed by atoms with Gasteiger partial charge in [0.05, 0.1) is 13.2 Å². The predicted molar refractivity (Wildman–Crippen MR) is 75.8 cm³/mol. The first kappa shape index (κ1) is 18.5. The zero-order chi connectivity index (χ0) is 16.1. The highest BCUT2D eigenvalue weighted by Crippen LogP contribution is 2.73. The van der Waals surface area contributed by atoms with Gasteiger partial charge < -0.3 is 23.9 Å². The van der Waals surface area contributed by atoms with Gasteiger partial charge in [-0.1, -0.05) is 6.07 Å². The highest BCUT2D eigenvalue weighted by molar-refractivity contribution is 7.72. The van der Waals surface area contributed by atoms with Gasteiger partial charge in [0.1, 0.15) is 0 Å². The van der Waals surface area contributed by atoms with Crippen molar-refractivity contribution in [2.45, 2.75) is 25.4 Å². The first-order chi connectivity index (χ1) is 9.70. The molecule has 0 radical (unpaired) electrons. The molecule has 120 valence electrons. The molecule has 1 rings (SSSR count). The summed E-state index contributed by atoms with van der Waals surface area (Å²) in [6.45, 7) is 2.41. The van der Waals surface area contributed by atoms with Crippen LogP contribution in [0.2, 0.25) is 0 Å². The van der Waals surface area contributed by atoms with Crippen LogP contribution in [0.5, 0.6) is 0 Å². The van der Waals surface area contributed by atoms with Crippen LogP contribution in [0.1, 0.15) is 19.5 Å². The molecule has 0 bridgehead atoms. The maximum Gasteiger partial charge on any atom is 0.372 e. The Morgan fingerprint density at radius 1 is 1.14 bits per heavy atom. The Bertz CT molecular complexity index is 525. The van der Waals surface area contributed by atoms with Gasteiger partial charge in [-0.15, -0.1) is 0 Å². The lowest BCUT2D eigenvalue weighted by Gasteiger charge is -2.33. The summed E-state index contributed by atoms with van der Waals surface area (Å²) >= 11 is 0. The summed E-state index contributed by atoms with van der Waals surface area (Å²) in [6.07, 6.45) is 0.733. The van der Waals surface area contributed by atoms with E-state index in [4.69, 9.17) is 0 Å². The van der Waals surface area contributed by atoms with Gasteiger partial charge in [-0.2, -0.15) is 0 Å². The number of hydrogen-bond donors (Lipinski definition) is 3. The second kappa shape index (κ2) is 7.11. The molecule has 1 aromatic rings. The van der Waals surface area contributed by atoms with Crippen LogP contribution in [-0.4, -0.2) is 38.2 Å². The maximum absolute atomic E-state index is 12.2. The number of nitrogens with zero attached hydrogens (tertiary/aromatic N) is 1. The molecule has 0 saturated heterocycles. The van der Waals surface area contributed by atoms with Crippen molar-refractivity contribution in [1.82, 2.24) is 4.98 Å². The highest BCUT2D eigenvalue weighted by Gasteiger charge is 2.62. The van der Waals surface area contributed by atoms with Crippen molar-refractivity contribution >= 4 is 15.2 Å². The number of pyridine rings is 1. The smallest absolute Gasteiger partial charge is 0.367 e. The van der Waals surface area contributed by atoms with E-state index >= 15 is 0 Å². The molecule has 2 unspecified atom stereocenters.